The third-order valence-corrected chi connectivity index (χ3v) is 4.82. The highest BCUT2D eigenvalue weighted by Gasteiger charge is 2.01. The lowest BCUT2D eigenvalue weighted by Crippen LogP contribution is -2.27. The van der Waals surface area contributed by atoms with Gasteiger partial charge in [0, 0.05) is 12.8 Å². The van der Waals surface area contributed by atoms with Crippen molar-refractivity contribution in [1.82, 2.24) is 10.2 Å². The van der Waals surface area contributed by atoms with Gasteiger partial charge < -0.3 is 10.2 Å². The van der Waals surface area contributed by atoms with Gasteiger partial charge in [-0.2, -0.15) is 0 Å². The molecule has 2 aromatic carbocycles. The summed E-state index contributed by atoms with van der Waals surface area (Å²) >= 11 is 0. The number of nitrogens with one attached hydrogen (secondary N) is 1. The largest absolute Gasteiger partial charge is 0.313 e. The molecule has 0 amide bonds. The minimum atomic E-state index is 0.731. The minimum absolute atomic E-state index is 0.731. The molecule has 0 spiro atoms. The predicted octanol–water partition coefficient (Wildman–Crippen LogP) is 5.30. The van der Waals surface area contributed by atoms with E-state index in [0.717, 1.165) is 25.2 Å². The molecule has 3 heteroatoms. The Morgan fingerprint density at radius 1 is 0.821 bits per heavy atom. The number of hydrogen-bond donors (Lipinski definition) is 1. The first-order valence-electron chi connectivity index (χ1n) is 10.9. The highest BCUT2D eigenvalue weighted by molar-refractivity contribution is 5.79. The van der Waals surface area contributed by atoms with Crippen LogP contribution in [-0.4, -0.2) is 37.3 Å². The Morgan fingerprint density at radius 2 is 1.50 bits per heavy atom. The van der Waals surface area contributed by atoms with Crippen LogP contribution in [0.2, 0.25) is 0 Å². The molecule has 28 heavy (non-hydrogen) atoms. The van der Waals surface area contributed by atoms with E-state index in [2.05, 4.69) is 65.5 Å². The molecule has 0 fully saturated rings. The van der Waals surface area contributed by atoms with E-state index in [1.54, 1.807) is 0 Å². The van der Waals surface area contributed by atoms with E-state index in [1.807, 2.05) is 24.4 Å². The smallest absolute Gasteiger partial charge is 0.0639 e. The number of unbranched alkanes of at least 4 members (excludes halogenated alkanes) is 1. The molecule has 0 radical (unpaired) electrons. The summed E-state index contributed by atoms with van der Waals surface area (Å²) < 4.78 is 0. The van der Waals surface area contributed by atoms with Crippen LogP contribution >= 0.6 is 0 Å². The van der Waals surface area contributed by atoms with Crippen molar-refractivity contribution in [3.8, 4) is 0 Å². The van der Waals surface area contributed by atoms with Crippen LogP contribution in [0.5, 0.6) is 0 Å². The maximum Gasteiger partial charge on any atom is 0.0639 e. The van der Waals surface area contributed by atoms with Gasteiger partial charge in [-0.3, -0.25) is 4.99 Å². The number of rotatable bonds is 14. The average molecular weight is 380 g/mol. The summed E-state index contributed by atoms with van der Waals surface area (Å²) in [6.45, 7) is 11.0. The van der Waals surface area contributed by atoms with E-state index in [-0.39, 0.29) is 0 Å². The lowest BCUT2D eigenvalue weighted by Gasteiger charge is -2.20. The zero-order valence-corrected chi connectivity index (χ0v) is 17.7. The highest BCUT2D eigenvalue weighted by atomic mass is 15.1. The van der Waals surface area contributed by atoms with Crippen LogP contribution in [0, 0.1) is 0 Å². The summed E-state index contributed by atoms with van der Waals surface area (Å²) in [5, 5.41) is 3.58. The Bertz CT molecular complexity index is 643. The van der Waals surface area contributed by atoms with E-state index in [0.29, 0.717) is 0 Å². The van der Waals surface area contributed by atoms with Crippen molar-refractivity contribution in [3.05, 3.63) is 71.3 Å². The fraction of sp³-hybridized carbons (Fsp3) is 0.480. The van der Waals surface area contributed by atoms with Crippen LogP contribution < -0.4 is 5.32 Å². The van der Waals surface area contributed by atoms with Crippen molar-refractivity contribution < 1.29 is 0 Å². The molecule has 3 nitrogen and oxygen atoms in total. The highest BCUT2D eigenvalue weighted by Crippen LogP contribution is 2.06. The average Bonchev–Trinajstić information content (AvgIpc) is 2.73. The fourth-order valence-corrected chi connectivity index (χ4v) is 3.34. The second-order valence-corrected chi connectivity index (χ2v) is 7.42. The van der Waals surface area contributed by atoms with Gasteiger partial charge in [0.05, 0.1) is 6.54 Å². The second-order valence-electron chi connectivity index (χ2n) is 7.42. The van der Waals surface area contributed by atoms with Crippen LogP contribution in [0.3, 0.4) is 0 Å². The number of nitrogens with zero attached hydrogens (tertiary/aromatic N) is 2. The standard InChI is InChI=1S/C25H37N3/c1-3-17-28(18-4-2)19-9-8-16-26-20-24-12-14-25(15-13-24)22-27-21-23-10-6-5-7-11-23/h5-7,10-15,21,26H,3-4,8-9,16-20,22H2,1-2H3. The molecule has 0 saturated carbocycles. The molecule has 0 aliphatic heterocycles. The third kappa shape index (κ3) is 9.29. The molecule has 0 aliphatic rings. The molecule has 2 rings (SSSR count). The van der Waals surface area contributed by atoms with Gasteiger partial charge in [-0.25, -0.2) is 0 Å². The summed E-state index contributed by atoms with van der Waals surface area (Å²) in [4.78, 5) is 7.13. The molecular weight excluding hydrogens is 342 g/mol. The van der Waals surface area contributed by atoms with Crippen LogP contribution in [0.25, 0.3) is 0 Å². The summed E-state index contributed by atoms with van der Waals surface area (Å²) in [5.74, 6) is 0. The summed E-state index contributed by atoms with van der Waals surface area (Å²) in [7, 11) is 0. The molecule has 0 bridgehead atoms. The summed E-state index contributed by atoms with van der Waals surface area (Å²) in [6, 6.07) is 19.0. The molecule has 0 heterocycles. The topological polar surface area (TPSA) is 27.6 Å². The Hall–Kier alpha value is -1.97. The van der Waals surface area contributed by atoms with Crippen molar-refractivity contribution in [1.29, 1.82) is 0 Å². The minimum Gasteiger partial charge on any atom is -0.313 e. The SMILES string of the molecule is CCCN(CCC)CCCCNCc1ccc(CN=Cc2ccccc2)cc1. The van der Waals surface area contributed by atoms with E-state index in [9.17, 15) is 0 Å². The molecule has 0 aromatic heterocycles. The number of benzene rings is 2. The number of aliphatic imine (C=N–C) groups is 1. The monoisotopic (exact) mass is 379 g/mol. The van der Waals surface area contributed by atoms with Gasteiger partial charge in [-0.15, -0.1) is 0 Å². The molecule has 152 valence electrons. The van der Waals surface area contributed by atoms with Crippen LogP contribution in [0.1, 0.15) is 56.2 Å². The number of hydrogen-bond acceptors (Lipinski definition) is 3. The quantitative estimate of drug-likeness (QED) is 0.356. The van der Waals surface area contributed by atoms with Gasteiger partial charge in [0.15, 0.2) is 0 Å². The molecule has 1 N–H and O–H groups in total. The van der Waals surface area contributed by atoms with Gasteiger partial charge >= 0.3 is 0 Å². The van der Waals surface area contributed by atoms with E-state index >= 15 is 0 Å². The fourth-order valence-electron chi connectivity index (χ4n) is 3.34. The Balaban J connectivity index is 1.60. The zero-order chi connectivity index (χ0) is 19.9. The van der Waals surface area contributed by atoms with Gasteiger partial charge in [0.2, 0.25) is 0 Å². The second kappa shape index (κ2) is 14.1. The van der Waals surface area contributed by atoms with Crippen molar-refractivity contribution >= 4 is 6.21 Å². The molecule has 2 aromatic rings. The maximum absolute atomic E-state index is 4.53. The van der Waals surface area contributed by atoms with Crippen LogP contribution in [-0.2, 0) is 13.1 Å². The lowest BCUT2D eigenvalue weighted by molar-refractivity contribution is 0.268. The lowest BCUT2D eigenvalue weighted by atomic mass is 10.1. The van der Waals surface area contributed by atoms with Gasteiger partial charge in [0.25, 0.3) is 0 Å². The van der Waals surface area contributed by atoms with Crippen molar-refractivity contribution in [2.75, 3.05) is 26.2 Å². The van der Waals surface area contributed by atoms with Crippen LogP contribution in [0.15, 0.2) is 59.6 Å². The summed E-state index contributed by atoms with van der Waals surface area (Å²) in [6.07, 6.45) is 6.98. The Morgan fingerprint density at radius 3 is 2.18 bits per heavy atom. The van der Waals surface area contributed by atoms with Crippen LogP contribution in [0.4, 0.5) is 0 Å². The Kier molecular flexibility index (Phi) is 11.2. The Labute approximate surface area is 171 Å². The molecule has 0 atom stereocenters. The van der Waals surface area contributed by atoms with E-state index in [4.69, 9.17) is 0 Å². The van der Waals surface area contributed by atoms with Gasteiger partial charge in [-0.05, 0) is 68.6 Å². The molecule has 0 aliphatic carbocycles. The predicted molar refractivity (Wildman–Crippen MR) is 122 cm³/mol. The van der Waals surface area contributed by atoms with Crippen molar-refractivity contribution in [2.45, 2.75) is 52.6 Å². The van der Waals surface area contributed by atoms with Crippen molar-refractivity contribution in [3.63, 3.8) is 0 Å². The van der Waals surface area contributed by atoms with Gasteiger partial charge in [-0.1, -0.05) is 68.4 Å². The van der Waals surface area contributed by atoms with Crippen molar-refractivity contribution in [2.24, 2.45) is 4.99 Å². The summed E-state index contributed by atoms with van der Waals surface area (Å²) in [5.41, 5.74) is 3.74. The first-order valence-corrected chi connectivity index (χ1v) is 10.9. The first kappa shape index (κ1) is 22.3. The van der Waals surface area contributed by atoms with E-state index < -0.39 is 0 Å². The maximum atomic E-state index is 4.53. The first-order chi connectivity index (χ1) is 13.8. The molecule has 0 unspecified atom stereocenters. The molecular formula is C25H37N3. The van der Waals surface area contributed by atoms with E-state index in [1.165, 1.54) is 56.4 Å². The van der Waals surface area contributed by atoms with Gasteiger partial charge in [0.1, 0.15) is 0 Å². The zero-order valence-electron chi connectivity index (χ0n) is 17.7. The third-order valence-electron chi connectivity index (χ3n) is 4.82. The molecule has 0 saturated heterocycles. The normalized spacial score (nSPS) is 11.5.